The molecule has 1 aromatic heterocycles. The highest BCUT2D eigenvalue weighted by molar-refractivity contribution is 5.41. The van der Waals surface area contributed by atoms with Crippen molar-refractivity contribution in [2.75, 3.05) is 12.4 Å². The summed E-state index contributed by atoms with van der Waals surface area (Å²) in [6.45, 7) is 4.08. The Labute approximate surface area is 149 Å². The second-order valence-electron chi connectivity index (χ2n) is 5.34. The number of halogens is 1. The van der Waals surface area contributed by atoms with Gasteiger partial charge in [-0.1, -0.05) is 18.2 Å². The standard InChI is InChI=1S/C13H19N3.C7H8FN/c1-3-5-12(9-14)8-13-10-16-15-7-4-6-11(13)2;1-9-7-4-2-6(8)3-5-7/h3-7,9-10,15-16H,8,14H2,1-2H3;2-5,9H,1H3/b5-3-,7-4?,11-6?,12-9+,13-10?;. The van der Waals surface area contributed by atoms with Crippen LogP contribution in [-0.4, -0.2) is 17.2 Å². The molecule has 0 unspecified atom stereocenters. The van der Waals surface area contributed by atoms with Crippen LogP contribution in [0.2, 0.25) is 0 Å². The molecule has 5 heteroatoms. The number of benzene rings is 1. The minimum Gasteiger partial charge on any atom is -0.404 e. The van der Waals surface area contributed by atoms with Crippen molar-refractivity contribution < 1.29 is 4.39 Å². The molecular formula is C20H27FN4. The van der Waals surface area contributed by atoms with Gasteiger partial charge in [0, 0.05) is 31.5 Å². The maximum absolute atomic E-state index is 12.2. The van der Waals surface area contributed by atoms with Crippen LogP contribution in [0.4, 0.5) is 10.1 Å². The van der Waals surface area contributed by atoms with Gasteiger partial charge in [-0.05, 0) is 67.1 Å². The van der Waals surface area contributed by atoms with Crippen LogP contribution in [0.1, 0.15) is 18.1 Å². The fourth-order valence-corrected chi connectivity index (χ4v) is 2.05. The van der Waals surface area contributed by atoms with Crippen LogP contribution in [0.5, 0.6) is 0 Å². The monoisotopic (exact) mass is 342 g/mol. The lowest BCUT2D eigenvalue weighted by Crippen LogP contribution is -1.95. The van der Waals surface area contributed by atoms with Crippen molar-refractivity contribution in [2.45, 2.75) is 20.3 Å². The van der Waals surface area contributed by atoms with Gasteiger partial charge in [0.2, 0.25) is 0 Å². The Bertz CT molecular complexity index is 722. The van der Waals surface area contributed by atoms with Gasteiger partial charge in [0.15, 0.2) is 0 Å². The molecule has 5 N–H and O–H groups in total. The number of aryl methyl sites for hydroxylation is 1. The molecule has 2 aromatic rings. The molecule has 0 atom stereocenters. The van der Waals surface area contributed by atoms with E-state index in [0.717, 1.165) is 17.7 Å². The summed E-state index contributed by atoms with van der Waals surface area (Å²) in [7, 11) is 1.80. The molecule has 0 saturated carbocycles. The Hall–Kier alpha value is -2.95. The first-order valence-electron chi connectivity index (χ1n) is 8.11. The summed E-state index contributed by atoms with van der Waals surface area (Å²) < 4.78 is 12.2. The zero-order valence-corrected chi connectivity index (χ0v) is 15.0. The number of nitrogens with two attached hydrogens (primary N) is 1. The van der Waals surface area contributed by atoms with Crippen LogP contribution in [0, 0.1) is 12.7 Å². The molecule has 0 radical (unpaired) electrons. The molecule has 0 amide bonds. The zero-order chi connectivity index (χ0) is 18.5. The van der Waals surface area contributed by atoms with Crippen LogP contribution in [0.25, 0.3) is 0 Å². The van der Waals surface area contributed by atoms with Gasteiger partial charge < -0.3 is 21.2 Å². The lowest BCUT2D eigenvalue weighted by atomic mass is 10.0. The van der Waals surface area contributed by atoms with E-state index in [9.17, 15) is 4.39 Å². The van der Waals surface area contributed by atoms with Crippen LogP contribution < -0.4 is 11.1 Å². The maximum atomic E-state index is 12.2. The molecule has 0 aliphatic rings. The highest BCUT2D eigenvalue weighted by Crippen LogP contribution is 2.10. The van der Waals surface area contributed by atoms with Gasteiger partial charge in [-0.15, -0.1) is 0 Å². The van der Waals surface area contributed by atoms with E-state index in [0.29, 0.717) is 0 Å². The van der Waals surface area contributed by atoms with Gasteiger partial charge in [-0.3, -0.25) is 0 Å². The summed E-state index contributed by atoms with van der Waals surface area (Å²) in [5.41, 5.74) is 10.1. The fraction of sp³-hybridized carbons (Fsp3) is 0.200. The van der Waals surface area contributed by atoms with E-state index in [1.165, 1.54) is 23.3 Å². The van der Waals surface area contributed by atoms with Crippen molar-refractivity contribution in [2.24, 2.45) is 5.73 Å². The van der Waals surface area contributed by atoms with Crippen molar-refractivity contribution in [3.05, 3.63) is 89.7 Å². The number of nitrogens with one attached hydrogen (secondary N) is 3. The molecule has 1 aromatic carbocycles. The van der Waals surface area contributed by atoms with Gasteiger partial charge in [-0.25, -0.2) is 4.39 Å². The topological polar surface area (TPSA) is 69.6 Å². The van der Waals surface area contributed by atoms with E-state index in [1.807, 2.05) is 37.5 Å². The Morgan fingerprint density at radius 3 is 2.52 bits per heavy atom. The van der Waals surface area contributed by atoms with E-state index in [4.69, 9.17) is 5.73 Å². The van der Waals surface area contributed by atoms with Crippen molar-refractivity contribution in [1.29, 1.82) is 0 Å². The Morgan fingerprint density at radius 1 is 1.20 bits per heavy atom. The minimum atomic E-state index is -0.200. The zero-order valence-electron chi connectivity index (χ0n) is 15.0. The van der Waals surface area contributed by atoms with Gasteiger partial charge in [0.1, 0.15) is 5.82 Å². The Kier molecular flexibility index (Phi) is 9.30. The molecule has 0 fully saturated rings. The van der Waals surface area contributed by atoms with Crippen LogP contribution in [0.3, 0.4) is 0 Å². The van der Waals surface area contributed by atoms with Crippen molar-refractivity contribution in [3.63, 3.8) is 0 Å². The molecule has 134 valence electrons. The Morgan fingerprint density at radius 2 is 1.92 bits per heavy atom. The highest BCUT2D eigenvalue weighted by Gasteiger charge is 1.98. The van der Waals surface area contributed by atoms with Crippen LogP contribution >= 0.6 is 0 Å². The lowest BCUT2D eigenvalue weighted by molar-refractivity contribution is 0.628. The van der Waals surface area contributed by atoms with E-state index >= 15 is 0 Å². The summed E-state index contributed by atoms with van der Waals surface area (Å²) in [6.07, 6.45) is 10.3. The smallest absolute Gasteiger partial charge is 0.123 e. The van der Waals surface area contributed by atoms with Crippen molar-refractivity contribution >= 4 is 5.69 Å². The summed E-state index contributed by atoms with van der Waals surface area (Å²) in [4.78, 5) is 0. The molecule has 4 nitrogen and oxygen atoms in total. The number of hydrogen-bond acceptors (Lipinski definition) is 2. The molecule has 0 bridgehead atoms. The number of hydrogen-bond donors (Lipinski definition) is 4. The minimum absolute atomic E-state index is 0.200. The molecule has 0 aliphatic heterocycles. The third-order valence-corrected chi connectivity index (χ3v) is 3.48. The SMILES string of the molecule is C/C=C\C(=C/N)Cc1c[nH][nH]cccc1C.CNc1ccc(F)cc1. The fourth-order valence-electron chi connectivity index (χ4n) is 2.05. The number of anilines is 1. The second-order valence-corrected chi connectivity index (χ2v) is 5.34. The summed E-state index contributed by atoms with van der Waals surface area (Å²) in [6, 6.07) is 10.3. The lowest BCUT2D eigenvalue weighted by Gasteiger charge is -2.04. The van der Waals surface area contributed by atoms with Gasteiger partial charge in [0.05, 0.1) is 0 Å². The van der Waals surface area contributed by atoms with Crippen molar-refractivity contribution in [3.8, 4) is 0 Å². The molecule has 0 saturated heterocycles. The third-order valence-electron chi connectivity index (χ3n) is 3.48. The van der Waals surface area contributed by atoms with E-state index in [1.54, 1.807) is 25.4 Å². The summed E-state index contributed by atoms with van der Waals surface area (Å²) in [5.74, 6) is -0.200. The number of aromatic nitrogens is 2. The average molecular weight is 342 g/mol. The Balaban J connectivity index is 0.000000293. The maximum Gasteiger partial charge on any atom is 0.123 e. The number of H-pyrrole nitrogens is 2. The van der Waals surface area contributed by atoms with Crippen LogP contribution in [-0.2, 0) is 6.42 Å². The summed E-state index contributed by atoms with van der Waals surface area (Å²) in [5, 5.41) is 8.84. The average Bonchev–Trinajstić information content (AvgIpc) is 2.62. The molecule has 0 spiro atoms. The van der Waals surface area contributed by atoms with E-state index < -0.39 is 0 Å². The normalized spacial score (nSPS) is 10.8. The number of aromatic amines is 2. The van der Waals surface area contributed by atoms with E-state index in [-0.39, 0.29) is 5.82 Å². The first-order chi connectivity index (χ1) is 12.1. The van der Waals surface area contributed by atoms with Gasteiger partial charge in [0.25, 0.3) is 0 Å². The quantitative estimate of drug-likeness (QED) is 0.613. The van der Waals surface area contributed by atoms with Gasteiger partial charge in [-0.2, -0.15) is 0 Å². The molecule has 0 aliphatic carbocycles. The first kappa shape index (κ1) is 20.1. The molecule has 2 rings (SSSR count). The van der Waals surface area contributed by atoms with E-state index in [2.05, 4.69) is 28.5 Å². The number of rotatable bonds is 4. The molecule has 1 heterocycles. The van der Waals surface area contributed by atoms with Crippen molar-refractivity contribution in [1.82, 2.24) is 10.2 Å². The largest absolute Gasteiger partial charge is 0.404 e. The van der Waals surface area contributed by atoms with Crippen LogP contribution in [0.15, 0.2) is 72.7 Å². The summed E-state index contributed by atoms with van der Waals surface area (Å²) >= 11 is 0. The predicted octanol–water partition coefficient (Wildman–Crippen LogP) is 4.60. The third kappa shape index (κ3) is 7.92. The highest BCUT2D eigenvalue weighted by atomic mass is 19.1. The van der Waals surface area contributed by atoms with Gasteiger partial charge >= 0.3 is 0 Å². The molecular weight excluding hydrogens is 315 g/mol. The first-order valence-corrected chi connectivity index (χ1v) is 8.11. The number of allylic oxidation sites excluding steroid dienone is 3. The second kappa shape index (κ2) is 11.6. The molecule has 25 heavy (non-hydrogen) atoms. The predicted molar refractivity (Wildman–Crippen MR) is 104 cm³/mol.